The number of hydrogen-bond donors (Lipinski definition) is 4. The van der Waals surface area contributed by atoms with Gasteiger partial charge in [0.05, 0.1) is 17.4 Å². The van der Waals surface area contributed by atoms with E-state index in [1.54, 1.807) is 12.3 Å². The maximum Gasteiger partial charge on any atom is 0.323 e. The summed E-state index contributed by atoms with van der Waals surface area (Å²) >= 11 is 4.28. The normalized spacial score (nSPS) is 10.4. The molecule has 3 aromatic rings. The standard InChI is InChI=1S/C14H12N4OS/c19-14(17-11-3-1-2-4-13(11)20)16-10-6-5-9-8-15-18-12(9)7-10/h1-8,20H,(H,15,18)(H2,16,17,19). The molecular formula is C14H12N4OS. The van der Waals surface area contributed by atoms with Crippen LogP contribution in [0, 0.1) is 0 Å². The number of hydrogen-bond acceptors (Lipinski definition) is 3. The van der Waals surface area contributed by atoms with Crippen molar-refractivity contribution in [2.24, 2.45) is 0 Å². The minimum Gasteiger partial charge on any atom is -0.308 e. The first-order valence-corrected chi connectivity index (χ1v) is 6.46. The molecule has 0 fully saturated rings. The van der Waals surface area contributed by atoms with Crippen molar-refractivity contribution < 1.29 is 4.79 Å². The van der Waals surface area contributed by atoms with Gasteiger partial charge in [-0.1, -0.05) is 12.1 Å². The van der Waals surface area contributed by atoms with Crippen molar-refractivity contribution in [3.8, 4) is 0 Å². The van der Waals surface area contributed by atoms with E-state index in [1.807, 2.05) is 36.4 Å². The van der Waals surface area contributed by atoms with Gasteiger partial charge in [-0.3, -0.25) is 5.10 Å². The van der Waals surface area contributed by atoms with E-state index < -0.39 is 0 Å². The largest absolute Gasteiger partial charge is 0.323 e. The molecule has 0 saturated heterocycles. The third-order valence-electron chi connectivity index (χ3n) is 2.85. The van der Waals surface area contributed by atoms with Gasteiger partial charge in [0.1, 0.15) is 0 Å². The Morgan fingerprint density at radius 1 is 1.15 bits per heavy atom. The Morgan fingerprint density at radius 2 is 2.00 bits per heavy atom. The van der Waals surface area contributed by atoms with Crippen molar-refractivity contribution in [1.82, 2.24) is 10.2 Å². The zero-order valence-electron chi connectivity index (χ0n) is 10.4. The predicted octanol–water partition coefficient (Wildman–Crippen LogP) is 3.50. The molecule has 0 aliphatic rings. The molecule has 5 nitrogen and oxygen atoms in total. The molecule has 0 unspecified atom stereocenters. The van der Waals surface area contributed by atoms with Crippen molar-refractivity contribution in [3.05, 3.63) is 48.7 Å². The third-order valence-corrected chi connectivity index (χ3v) is 3.24. The third kappa shape index (κ3) is 2.60. The monoisotopic (exact) mass is 284 g/mol. The van der Waals surface area contributed by atoms with Crippen LogP contribution in [-0.4, -0.2) is 16.2 Å². The molecule has 1 aromatic heterocycles. The fraction of sp³-hybridized carbons (Fsp3) is 0. The number of nitrogens with zero attached hydrogens (tertiary/aromatic N) is 1. The van der Waals surface area contributed by atoms with E-state index in [4.69, 9.17) is 0 Å². The fourth-order valence-electron chi connectivity index (χ4n) is 1.88. The molecule has 0 saturated carbocycles. The summed E-state index contributed by atoms with van der Waals surface area (Å²) in [5.74, 6) is 0. The number of fused-ring (bicyclic) bond motifs is 1. The molecule has 6 heteroatoms. The van der Waals surface area contributed by atoms with Gasteiger partial charge in [0.2, 0.25) is 0 Å². The molecule has 0 spiro atoms. The van der Waals surface area contributed by atoms with E-state index in [2.05, 4.69) is 33.5 Å². The molecular weight excluding hydrogens is 272 g/mol. The van der Waals surface area contributed by atoms with Crippen LogP contribution in [0.4, 0.5) is 16.2 Å². The van der Waals surface area contributed by atoms with Gasteiger partial charge in [0, 0.05) is 16.0 Å². The molecule has 0 radical (unpaired) electrons. The Bertz CT molecular complexity index is 768. The number of para-hydroxylation sites is 1. The summed E-state index contributed by atoms with van der Waals surface area (Å²) < 4.78 is 0. The van der Waals surface area contributed by atoms with Crippen LogP contribution >= 0.6 is 12.6 Å². The van der Waals surface area contributed by atoms with Crippen molar-refractivity contribution in [2.75, 3.05) is 10.6 Å². The summed E-state index contributed by atoms with van der Waals surface area (Å²) in [6, 6.07) is 12.5. The summed E-state index contributed by atoms with van der Waals surface area (Å²) in [7, 11) is 0. The maximum absolute atomic E-state index is 11.9. The molecule has 100 valence electrons. The van der Waals surface area contributed by atoms with Crippen LogP contribution in [0.25, 0.3) is 10.9 Å². The highest BCUT2D eigenvalue weighted by Gasteiger charge is 2.05. The summed E-state index contributed by atoms with van der Waals surface area (Å²) in [6.45, 7) is 0. The lowest BCUT2D eigenvalue weighted by Crippen LogP contribution is -2.19. The Labute approximate surface area is 120 Å². The SMILES string of the molecule is O=C(Nc1ccc2cn[nH]c2c1)Nc1ccccc1S. The van der Waals surface area contributed by atoms with Gasteiger partial charge in [0.15, 0.2) is 0 Å². The number of rotatable bonds is 2. The molecule has 3 N–H and O–H groups in total. The Morgan fingerprint density at radius 3 is 2.85 bits per heavy atom. The quantitative estimate of drug-likeness (QED) is 0.544. The maximum atomic E-state index is 11.9. The molecule has 0 aliphatic carbocycles. The van der Waals surface area contributed by atoms with E-state index in [-0.39, 0.29) is 6.03 Å². The van der Waals surface area contributed by atoms with Gasteiger partial charge >= 0.3 is 6.03 Å². The number of thiol groups is 1. The van der Waals surface area contributed by atoms with E-state index in [0.29, 0.717) is 16.3 Å². The van der Waals surface area contributed by atoms with E-state index in [9.17, 15) is 4.79 Å². The first-order chi connectivity index (χ1) is 9.72. The summed E-state index contributed by atoms with van der Waals surface area (Å²) in [6.07, 6.45) is 1.73. The molecule has 2 amide bonds. The van der Waals surface area contributed by atoms with Crippen LogP contribution in [0.15, 0.2) is 53.6 Å². The van der Waals surface area contributed by atoms with Crippen LogP contribution in [-0.2, 0) is 0 Å². The summed E-state index contributed by atoms with van der Waals surface area (Å²) in [4.78, 5) is 12.6. The number of carbonyl (C=O) groups is 1. The number of aromatic nitrogens is 2. The molecule has 0 bridgehead atoms. The number of H-pyrrole nitrogens is 1. The van der Waals surface area contributed by atoms with Gasteiger partial charge < -0.3 is 10.6 Å². The fourth-order valence-corrected chi connectivity index (χ4v) is 2.10. The highest BCUT2D eigenvalue weighted by Crippen LogP contribution is 2.20. The first-order valence-electron chi connectivity index (χ1n) is 6.01. The number of aromatic amines is 1. The van der Waals surface area contributed by atoms with E-state index in [0.717, 1.165) is 10.9 Å². The van der Waals surface area contributed by atoms with Crippen LogP contribution < -0.4 is 10.6 Å². The smallest absolute Gasteiger partial charge is 0.308 e. The average molecular weight is 284 g/mol. The zero-order valence-corrected chi connectivity index (χ0v) is 11.3. The van der Waals surface area contributed by atoms with Crippen molar-refractivity contribution in [3.63, 3.8) is 0 Å². The van der Waals surface area contributed by atoms with Gasteiger partial charge in [0.25, 0.3) is 0 Å². The second kappa shape index (κ2) is 5.26. The molecule has 0 aliphatic heterocycles. The van der Waals surface area contributed by atoms with Gasteiger partial charge in [-0.05, 0) is 30.3 Å². The number of nitrogens with one attached hydrogen (secondary N) is 3. The highest BCUT2D eigenvalue weighted by molar-refractivity contribution is 7.80. The molecule has 2 aromatic carbocycles. The number of urea groups is 1. The average Bonchev–Trinajstić information content (AvgIpc) is 2.89. The molecule has 0 atom stereocenters. The summed E-state index contributed by atoms with van der Waals surface area (Å²) in [5, 5.41) is 13.3. The minimum atomic E-state index is -0.314. The van der Waals surface area contributed by atoms with Crippen LogP contribution in [0.2, 0.25) is 0 Å². The lowest BCUT2D eigenvalue weighted by molar-refractivity contribution is 0.262. The Hall–Kier alpha value is -2.47. The minimum absolute atomic E-state index is 0.314. The lowest BCUT2D eigenvalue weighted by Gasteiger charge is -2.09. The molecule has 20 heavy (non-hydrogen) atoms. The molecule has 1 heterocycles. The van der Waals surface area contributed by atoms with Gasteiger partial charge in [-0.15, -0.1) is 12.6 Å². The number of carbonyl (C=O) groups excluding carboxylic acids is 1. The van der Waals surface area contributed by atoms with E-state index >= 15 is 0 Å². The number of benzene rings is 2. The Kier molecular flexibility index (Phi) is 3.30. The van der Waals surface area contributed by atoms with Crippen molar-refractivity contribution in [2.45, 2.75) is 4.90 Å². The molecule has 3 rings (SSSR count). The van der Waals surface area contributed by atoms with Crippen molar-refractivity contribution >= 4 is 40.9 Å². The predicted molar refractivity (Wildman–Crippen MR) is 82.4 cm³/mol. The topological polar surface area (TPSA) is 69.8 Å². The summed E-state index contributed by atoms with van der Waals surface area (Å²) in [5.41, 5.74) is 2.23. The van der Waals surface area contributed by atoms with E-state index in [1.165, 1.54) is 0 Å². The van der Waals surface area contributed by atoms with Crippen molar-refractivity contribution in [1.29, 1.82) is 0 Å². The number of amides is 2. The van der Waals surface area contributed by atoms with Gasteiger partial charge in [-0.25, -0.2) is 4.79 Å². The highest BCUT2D eigenvalue weighted by atomic mass is 32.1. The zero-order chi connectivity index (χ0) is 13.9. The Balaban J connectivity index is 1.74. The van der Waals surface area contributed by atoms with Crippen LogP contribution in [0.5, 0.6) is 0 Å². The van der Waals surface area contributed by atoms with Crippen LogP contribution in [0.3, 0.4) is 0 Å². The lowest BCUT2D eigenvalue weighted by atomic mass is 10.2. The van der Waals surface area contributed by atoms with Crippen LogP contribution in [0.1, 0.15) is 0 Å². The first kappa shape index (κ1) is 12.6. The number of anilines is 2. The van der Waals surface area contributed by atoms with Gasteiger partial charge in [-0.2, -0.15) is 5.10 Å². The second-order valence-electron chi connectivity index (χ2n) is 4.27. The second-order valence-corrected chi connectivity index (χ2v) is 4.75.